The van der Waals surface area contributed by atoms with Gasteiger partial charge in [0.2, 0.25) is 0 Å². The number of amides is 1. The molecule has 0 aromatic heterocycles. The molecular weight excluding hydrogens is 384 g/mol. The van der Waals surface area contributed by atoms with Crippen LogP contribution in [0.5, 0.6) is 0 Å². The van der Waals surface area contributed by atoms with Crippen molar-refractivity contribution in [3.05, 3.63) is 96.1 Å². The second-order valence-corrected chi connectivity index (χ2v) is 8.16. The van der Waals surface area contributed by atoms with Gasteiger partial charge in [-0.05, 0) is 48.2 Å². The Hall–Kier alpha value is -3.11. The van der Waals surface area contributed by atoms with Gasteiger partial charge in [-0.25, -0.2) is 4.79 Å². The van der Waals surface area contributed by atoms with E-state index in [1.165, 1.54) is 24.0 Å². The second kappa shape index (κ2) is 10.3. The summed E-state index contributed by atoms with van der Waals surface area (Å²) in [6.45, 7) is 3.28. The first-order chi connectivity index (χ1) is 15.2. The van der Waals surface area contributed by atoms with E-state index in [2.05, 4.69) is 53.4 Å². The fourth-order valence-electron chi connectivity index (χ4n) is 4.14. The number of hydrogen-bond donors (Lipinski definition) is 0. The van der Waals surface area contributed by atoms with Gasteiger partial charge in [0.25, 0.3) is 0 Å². The van der Waals surface area contributed by atoms with Gasteiger partial charge in [0.15, 0.2) is 0 Å². The number of nitrogens with zero attached hydrogens (tertiary/aromatic N) is 2. The summed E-state index contributed by atoms with van der Waals surface area (Å²) in [5.41, 5.74) is 4.50. The lowest BCUT2D eigenvalue weighted by Gasteiger charge is -2.31. The molecule has 1 amide bonds. The minimum absolute atomic E-state index is 0.0498. The molecule has 3 aromatic rings. The summed E-state index contributed by atoms with van der Waals surface area (Å²) >= 11 is 0. The molecule has 0 aliphatic carbocycles. The summed E-state index contributed by atoms with van der Waals surface area (Å²) in [6.07, 6.45) is 2.16. The Morgan fingerprint density at radius 3 is 2.10 bits per heavy atom. The lowest BCUT2D eigenvalue weighted by atomic mass is 10.00. The van der Waals surface area contributed by atoms with Crippen LogP contribution in [0.3, 0.4) is 0 Å². The molecule has 0 unspecified atom stereocenters. The topological polar surface area (TPSA) is 32.8 Å². The van der Waals surface area contributed by atoms with Gasteiger partial charge >= 0.3 is 6.09 Å². The van der Waals surface area contributed by atoms with E-state index in [-0.39, 0.29) is 18.7 Å². The fourth-order valence-corrected chi connectivity index (χ4v) is 4.14. The molecule has 0 bridgehead atoms. The molecule has 1 fully saturated rings. The van der Waals surface area contributed by atoms with Crippen molar-refractivity contribution in [3.8, 4) is 11.1 Å². The molecule has 1 saturated heterocycles. The maximum Gasteiger partial charge on any atom is 0.410 e. The van der Waals surface area contributed by atoms with Crippen molar-refractivity contribution in [1.82, 2.24) is 9.80 Å². The molecule has 3 aromatic carbocycles. The van der Waals surface area contributed by atoms with E-state index in [4.69, 9.17) is 4.74 Å². The zero-order valence-electron chi connectivity index (χ0n) is 18.1. The van der Waals surface area contributed by atoms with Gasteiger partial charge in [0.1, 0.15) is 6.61 Å². The van der Waals surface area contributed by atoms with E-state index < -0.39 is 0 Å². The van der Waals surface area contributed by atoms with Crippen molar-refractivity contribution < 1.29 is 9.53 Å². The zero-order chi connectivity index (χ0) is 21.5. The van der Waals surface area contributed by atoms with E-state index in [1.54, 1.807) is 4.90 Å². The highest BCUT2D eigenvalue weighted by Crippen LogP contribution is 2.27. The Morgan fingerprint density at radius 1 is 0.871 bits per heavy atom. The molecule has 0 radical (unpaired) electrons. The summed E-state index contributed by atoms with van der Waals surface area (Å²) in [4.78, 5) is 17.1. The molecule has 160 valence electrons. The van der Waals surface area contributed by atoms with Gasteiger partial charge in [-0.1, -0.05) is 84.9 Å². The van der Waals surface area contributed by atoms with Crippen LogP contribution in [0.1, 0.15) is 30.0 Å². The Kier molecular flexibility index (Phi) is 7.00. The molecule has 31 heavy (non-hydrogen) atoms. The van der Waals surface area contributed by atoms with E-state index in [0.29, 0.717) is 0 Å². The van der Waals surface area contributed by atoms with Crippen molar-refractivity contribution in [1.29, 1.82) is 0 Å². The molecule has 4 rings (SSSR count). The maximum absolute atomic E-state index is 12.9. The first-order valence-electron chi connectivity index (χ1n) is 11.0. The van der Waals surface area contributed by atoms with Crippen LogP contribution in [0.15, 0.2) is 84.9 Å². The quantitative estimate of drug-likeness (QED) is 0.493. The molecule has 0 saturated carbocycles. The third kappa shape index (κ3) is 5.53. The molecule has 1 heterocycles. The van der Waals surface area contributed by atoms with Gasteiger partial charge < -0.3 is 14.5 Å². The molecule has 4 heteroatoms. The van der Waals surface area contributed by atoms with Gasteiger partial charge in [-0.15, -0.1) is 0 Å². The Morgan fingerprint density at radius 2 is 1.45 bits per heavy atom. The number of rotatable bonds is 7. The average Bonchev–Trinajstić information content (AvgIpc) is 3.35. The predicted molar refractivity (Wildman–Crippen MR) is 125 cm³/mol. The van der Waals surface area contributed by atoms with Crippen molar-refractivity contribution in [2.24, 2.45) is 0 Å². The van der Waals surface area contributed by atoms with Crippen LogP contribution in [-0.4, -0.2) is 42.6 Å². The SMILES string of the molecule is CN(C(=O)OCc1ccccc1)[C@H](CN1CCCC1)c1ccc(-c2ccccc2)cc1. The van der Waals surface area contributed by atoms with E-state index in [1.807, 2.05) is 43.4 Å². The highest BCUT2D eigenvalue weighted by molar-refractivity contribution is 5.68. The van der Waals surface area contributed by atoms with Crippen molar-refractivity contribution in [2.45, 2.75) is 25.5 Å². The van der Waals surface area contributed by atoms with Crippen molar-refractivity contribution in [3.63, 3.8) is 0 Å². The number of likely N-dealkylation sites (N-methyl/N-ethyl adjacent to an activating group) is 1. The van der Waals surface area contributed by atoms with Crippen LogP contribution in [0.4, 0.5) is 4.79 Å². The number of carbonyl (C=O) groups is 1. The largest absolute Gasteiger partial charge is 0.445 e. The van der Waals surface area contributed by atoms with Gasteiger partial charge in [-0.3, -0.25) is 0 Å². The molecular formula is C27H30N2O2. The Balaban J connectivity index is 1.49. The molecule has 1 aliphatic rings. The normalized spacial score (nSPS) is 14.9. The summed E-state index contributed by atoms with van der Waals surface area (Å²) in [5.74, 6) is 0. The minimum atomic E-state index is -0.291. The smallest absolute Gasteiger partial charge is 0.410 e. The van der Waals surface area contributed by atoms with E-state index >= 15 is 0 Å². The third-order valence-electron chi connectivity index (χ3n) is 5.99. The lowest BCUT2D eigenvalue weighted by molar-refractivity contribution is 0.0834. The molecule has 1 atom stereocenters. The van der Waals surface area contributed by atoms with E-state index in [0.717, 1.165) is 30.8 Å². The van der Waals surface area contributed by atoms with Crippen molar-refractivity contribution >= 4 is 6.09 Å². The fraction of sp³-hybridized carbons (Fsp3) is 0.296. The average molecular weight is 415 g/mol. The van der Waals surface area contributed by atoms with Gasteiger partial charge in [0, 0.05) is 13.6 Å². The monoisotopic (exact) mass is 414 g/mol. The summed E-state index contributed by atoms with van der Waals surface area (Å²) in [6, 6.07) is 28.7. The van der Waals surface area contributed by atoms with Gasteiger partial charge in [-0.2, -0.15) is 0 Å². The number of benzene rings is 3. The second-order valence-electron chi connectivity index (χ2n) is 8.16. The van der Waals surface area contributed by atoms with E-state index in [9.17, 15) is 4.79 Å². The standard InChI is InChI=1S/C27H30N2O2/c1-28(27(30)31-21-22-10-4-2-5-11-22)26(20-29-18-8-9-19-29)25-16-14-24(15-17-25)23-12-6-3-7-13-23/h2-7,10-17,26H,8-9,18-21H2,1H3/t26-/m1/s1. The minimum Gasteiger partial charge on any atom is -0.445 e. The number of likely N-dealkylation sites (tertiary alicyclic amines) is 1. The Labute approximate surface area is 185 Å². The molecule has 0 N–H and O–H groups in total. The predicted octanol–water partition coefficient (Wildman–Crippen LogP) is 5.76. The highest BCUT2D eigenvalue weighted by Gasteiger charge is 2.26. The highest BCUT2D eigenvalue weighted by atomic mass is 16.6. The first kappa shape index (κ1) is 21.1. The lowest BCUT2D eigenvalue weighted by Crippen LogP contribution is -2.38. The molecule has 0 spiro atoms. The molecule has 4 nitrogen and oxygen atoms in total. The van der Waals surface area contributed by atoms with Crippen LogP contribution in [-0.2, 0) is 11.3 Å². The summed E-state index contributed by atoms with van der Waals surface area (Å²) in [5, 5.41) is 0. The summed E-state index contributed by atoms with van der Waals surface area (Å²) < 4.78 is 5.62. The Bertz CT molecular complexity index is 952. The molecule has 1 aliphatic heterocycles. The van der Waals surface area contributed by atoms with Crippen molar-refractivity contribution in [2.75, 3.05) is 26.7 Å². The zero-order valence-corrected chi connectivity index (χ0v) is 18.1. The van der Waals surface area contributed by atoms with Crippen LogP contribution in [0.25, 0.3) is 11.1 Å². The number of carbonyl (C=O) groups excluding carboxylic acids is 1. The maximum atomic E-state index is 12.9. The van der Waals surface area contributed by atoms with Crippen LogP contribution >= 0.6 is 0 Å². The van der Waals surface area contributed by atoms with Crippen LogP contribution in [0, 0.1) is 0 Å². The van der Waals surface area contributed by atoms with Crippen LogP contribution < -0.4 is 0 Å². The number of hydrogen-bond acceptors (Lipinski definition) is 3. The van der Waals surface area contributed by atoms with Gasteiger partial charge in [0.05, 0.1) is 6.04 Å². The summed E-state index contributed by atoms with van der Waals surface area (Å²) in [7, 11) is 1.85. The van der Waals surface area contributed by atoms with Crippen LogP contribution in [0.2, 0.25) is 0 Å². The third-order valence-corrected chi connectivity index (χ3v) is 5.99. The first-order valence-corrected chi connectivity index (χ1v) is 11.0. The number of ether oxygens (including phenoxy) is 1.